The van der Waals surface area contributed by atoms with Crippen LogP contribution in [0.25, 0.3) is 0 Å². The Balaban J connectivity index is 1.32. The molecule has 7 rings (SSSR count). The van der Waals surface area contributed by atoms with Crippen LogP contribution in [-0.4, -0.2) is 54.7 Å². The number of carbonyl (C=O) groups excluding carboxylic acids is 1. The number of hydrogen-bond donors (Lipinski definition) is 0. The quantitative estimate of drug-likeness (QED) is 0.497. The number of methoxy groups -OCH3 is 1. The number of rotatable bonds is 8. The molecule has 1 spiro atoms. The van der Waals surface area contributed by atoms with Crippen LogP contribution in [0.2, 0.25) is 0 Å². The Kier molecular flexibility index (Phi) is 5.11. The lowest BCUT2D eigenvalue weighted by atomic mass is 9.45. The zero-order valence-electron chi connectivity index (χ0n) is 21.6. The van der Waals surface area contributed by atoms with E-state index >= 15 is 0 Å². The standard InChI is InChI=1S/C31H37NO4/c1-29-26(33)14-15-31(35-18-6-9-21-7-4-3-5-8-21)25-19-23-12-13-24(34-2)28(36-29)27(23)30(29,31)16-17-32(25)20-22-10-11-22/h3-5,7-8,12-13,22,25H,6,9-11,14-20H2,1-2H3/t25?,29-,30-,31+/m0/s1. The number of piperidine rings is 1. The molecular formula is C31H37NO4. The van der Waals surface area contributed by atoms with Crippen LogP contribution in [-0.2, 0) is 27.8 Å². The first-order valence-electron chi connectivity index (χ1n) is 13.9. The molecule has 2 bridgehead atoms. The second-order valence-electron chi connectivity index (χ2n) is 11.8. The number of aryl methyl sites for hydroxylation is 1. The summed E-state index contributed by atoms with van der Waals surface area (Å²) in [4.78, 5) is 16.5. The smallest absolute Gasteiger partial charge is 0.177 e. The summed E-state index contributed by atoms with van der Waals surface area (Å²) in [5.41, 5.74) is 2.07. The predicted octanol–water partition coefficient (Wildman–Crippen LogP) is 4.88. The lowest BCUT2D eigenvalue weighted by Gasteiger charge is -2.66. The van der Waals surface area contributed by atoms with E-state index in [1.165, 1.54) is 29.5 Å². The van der Waals surface area contributed by atoms with Gasteiger partial charge in [0, 0.05) is 31.2 Å². The second kappa shape index (κ2) is 8.06. The van der Waals surface area contributed by atoms with Crippen LogP contribution in [0.15, 0.2) is 42.5 Å². The number of ether oxygens (including phenoxy) is 3. The molecule has 0 aromatic heterocycles. The Morgan fingerprint density at radius 1 is 1.11 bits per heavy atom. The normalized spacial score (nSPS) is 34.3. The van der Waals surface area contributed by atoms with Crippen molar-refractivity contribution in [3.05, 3.63) is 59.2 Å². The van der Waals surface area contributed by atoms with E-state index in [4.69, 9.17) is 14.2 Å². The van der Waals surface area contributed by atoms with Crippen molar-refractivity contribution in [3.8, 4) is 11.5 Å². The monoisotopic (exact) mass is 487 g/mol. The maximum absolute atomic E-state index is 13.7. The van der Waals surface area contributed by atoms with Gasteiger partial charge in [-0.3, -0.25) is 9.69 Å². The summed E-state index contributed by atoms with van der Waals surface area (Å²) in [5.74, 6) is 2.56. The van der Waals surface area contributed by atoms with E-state index in [0.717, 1.165) is 62.6 Å². The highest BCUT2D eigenvalue weighted by atomic mass is 16.5. The number of carbonyl (C=O) groups is 1. The van der Waals surface area contributed by atoms with Gasteiger partial charge in [0.1, 0.15) is 0 Å². The highest BCUT2D eigenvalue weighted by Gasteiger charge is 2.78. The average Bonchev–Trinajstić information content (AvgIpc) is 3.66. The molecule has 1 unspecified atom stereocenters. The first-order chi connectivity index (χ1) is 17.5. The van der Waals surface area contributed by atoms with Crippen LogP contribution in [0.5, 0.6) is 11.5 Å². The lowest BCUT2D eigenvalue weighted by molar-refractivity contribution is -0.231. The highest BCUT2D eigenvalue weighted by molar-refractivity contribution is 5.94. The number of likely N-dealkylation sites (tertiary alicyclic amines) is 1. The van der Waals surface area contributed by atoms with E-state index in [9.17, 15) is 4.79 Å². The maximum Gasteiger partial charge on any atom is 0.177 e. The van der Waals surface area contributed by atoms with E-state index in [0.29, 0.717) is 13.0 Å². The molecule has 3 fully saturated rings. The van der Waals surface area contributed by atoms with Gasteiger partial charge in [-0.1, -0.05) is 36.4 Å². The molecule has 36 heavy (non-hydrogen) atoms. The molecule has 2 saturated carbocycles. The fraction of sp³-hybridized carbons (Fsp3) is 0.581. The molecule has 190 valence electrons. The van der Waals surface area contributed by atoms with E-state index in [1.807, 2.05) is 6.07 Å². The third-order valence-electron chi connectivity index (χ3n) is 10.1. The van der Waals surface area contributed by atoms with Gasteiger partial charge >= 0.3 is 0 Å². The molecule has 2 aromatic carbocycles. The fourth-order valence-electron chi connectivity index (χ4n) is 8.30. The third-order valence-corrected chi connectivity index (χ3v) is 10.1. The van der Waals surface area contributed by atoms with Gasteiger partial charge in [0.15, 0.2) is 22.9 Å². The third kappa shape index (κ3) is 2.93. The molecule has 0 radical (unpaired) electrons. The van der Waals surface area contributed by atoms with Crippen LogP contribution < -0.4 is 9.47 Å². The van der Waals surface area contributed by atoms with E-state index in [-0.39, 0.29) is 11.8 Å². The van der Waals surface area contributed by atoms with E-state index in [2.05, 4.69) is 48.2 Å². The largest absolute Gasteiger partial charge is 0.493 e. The molecule has 5 aliphatic rings. The molecule has 5 heteroatoms. The summed E-state index contributed by atoms with van der Waals surface area (Å²) >= 11 is 0. The van der Waals surface area contributed by atoms with Crippen LogP contribution in [0.4, 0.5) is 0 Å². The Hall–Kier alpha value is -2.37. The summed E-state index contributed by atoms with van der Waals surface area (Å²) in [6.07, 6.45) is 7.79. The number of hydrogen-bond acceptors (Lipinski definition) is 5. The summed E-state index contributed by atoms with van der Waals surface area (Å²) in [5, 5.41) is 0. The van der Waals surface area contributed by atoms with Crippen molar-refractivity contribution in [1.82, 2.24) is 4.90 Å². The highest BCUT2D eigenvalue weighted by Crippen LogP contribution is 2.69. The Bertz CT molecular complexity index is 1190. The number of nitrogens with zero attached hydrogens (tertiary/aromatic N) is 1. The number of ketones is 1. The van der Waals surface area contributed by atoms with Crippen molar-refractivity contribution in [2.24, 2.45) is 5.92 Å². The van der Waals surface area contributed by atoms with Gasteiger partial charge in [0.2, 0.25) is 0 Å². The fourth-order valence-corrected chi connectivity index (χ4v) is 8.30. The SMILES string of the molecule is COc1ccc2c3c1O[C@@]1(C)C(=O)CC[C@@]4(OCCCc5ccccc5)C(C2)N(CC2CC2)CC[C@]314. The van der Waals surface area contributed by atoms with Crippen molar-refractivity contribution in [1.29, 1.82) is 0 Å². The molecule has 5 nitrogen and oxygen atoms in total. The molecule has 0 N–H and O–H groups in total. The molecule has 4 atom stereocenters. The van der Waals surface area contributed by atoms with Crippen molar-refractivity contribution in [3.63, 3.8) is 0 Å². The molecule has 2 heterocycles. The minimum atomic E-state index is -0.916. The summed E-state index contributed by atoms with van der Waals surface area (Å²) in [7, 11) is 1.70. The minimum absolute atomic E-state index is 0.214. The van der Waals surface area contributed by atoms with Crippen LogP contribution in [0.3, 0.4) is 0 Å². The lowest BCUT2D eigenvalue weighted by Crippen LogP contribution is -2.80. The minimum Gasteiger partial charge on any atom is -0.493 e. The molecule has 0 amide bonds. The molecule has 2 aromatic rings. The topological polar surface area (TPSA) is 48.0 Å². The second-order valence-corrected chi connectivity index (χ2v) is 11.8. The number of Topliss-reactive ketones (excluding diaryl/α,β-unsaturated/α-hetero) is 1. The molecular weight excluding hydrogens is 450 g/mol. The molecule has 2 aliphatic heterocycles. The van der Waals surface area contributed by atoms with Crippen molar-refractivity contribution in [2.75, 3.05) is 26.8 Å². The molecule has 1 saturated heterocycles. The van der Waals surface area contributed by atoms with E-state index in [1.54, 1.807) is 7.11 Å². The maximum atomic E-state index is 13.7. The summed E-state index contributed by atoms with van der Waals surface area (Å²) in [6, 6.07) is 15.2. The van der Waals surface area contributed by atoms with Gasteiger partial charge in [0.05, 0.1) is 18.1 Å². The van der Waals surface area contributed by atoms with Crippen LogP contribution in [0, 0.1) is 5.92 Å². The van der Waals surface area contributed by atoms with Crippen molar-refractivity contribution >= 4 is 5.78 Å². The predicted molar refractivity (Wildman–Crippen MR) is 138 cm³/mol. The number of benzene rings is 2. The summed E-state index contributed by atoms with van der Waals surface area (Å²) in [6.45, 7) is 4.90. The van der Waals surface area contributed by atoms with Crippen LogP contribution >= 0.6 is 0 Å². The Labute approximate surface area is 214 Å². The van der Waals surface area contributed by atoms with E-state index < -0.39 is 16.6 Å². The van der Waals surface area contributed by atoms with Crippen molar-refractivity contribution < 1.29 is 19.0 Å². The van der Waals surface area contributed by atoms with Gasteiger partial charge in [-0.25, -0.2) is 0 Å². The zero-order chi connectivity index (χ0) is 24.5. The Morgan fingerprint density at radius 2 is 1.94 bits per heavy atom. The van der Waals surface area contributed by atoms with Crippen molar-refractivity contribution in [2.45, 2.75) is 80.9 Å². The Morgan fingerprint density at radius 3 is 2.72 bits per heavy atom. The summed E-state index contributed by atoms with van der Waals surface area (Å²) < 4.78 is 19.7. The zero-order valence-corrected chi connectivity index (χ0v) is 21.6. The van der Waals surface area contributed by atoms with Gasteiger partial charge in [-0.05, 0) is 81.5 Å². The molecule has 3 aliphatic carbocycles. The van der Waals surface area contributed by atoms with Crippen LogP contribution in [0.1, 0.15) is 62.1 Å². The first kappa shape index (κ1) is 22.8. The first-order valence-corrected chi connectivity index (χ1v) is 13.9. The van der Waals surface area contributed by atoms with Gasteiger partial charge in [-0.15, -0.1) is 0 Å². The van der Waals surface area contributed by atoms with Gasteiger partial charge in [-0.2, -0.15) is 0 Å². The van der Waals surface area contributed by atoms with Gasteiger partial charge in [0.25, 0.3) is 0 Å². The van der Waals surface area contributed by atoms with Gasteiger partial charge < -0.3 is 14.2 Å². The average molecular weight is 488 g/mol.